The number of methoxy groups -OCH3 is 1. The fourth-order valence-corrected chi connectivity index (χ4v) is 5.16. The largest absolute Gasteiger partial charge is 0.497 e. The summed E-state index contributed by atoms with van der Waals surface area (Å²) in [7, 11) is 4.63. The maximum Gasteiger partial charge on any atom is 0.435 e. The SMILES string of the molecule is COc1ccc(-n2nc(C(F)(F)F)c3c2C(=O)N(c2ccc(C(=O)N(C)C)cc2)CC3)c(C(=O)NC(C)c2ccccc2)c1. The third kappa shape index (κ3) is 5.75. The van der Waals surface area contributed by atoms with Crippen molar-refractivity contribution in [3.05, 3.63) is 106 Å². The monoisotopic (exact) mass is 605 g/mol. The number of hydrogen-bond donors (Lipinski definition) is 1. The average Bonchev–Trinajstić information content (AvgIpc) is 3.42. The maximum atomic E-state index is 14.2. The van der Waals surface area contributed by atoms with Gasteiger partial charge in [-0.2, -0.15) is 18.3 Å². The molecule has 5 rings (SSSR count). The molecule has 1 atom stereocenters. The summed E-state index contributed by atoms with van der Waals surface area (Å²) in [5, 5.41) is 6.75. The fraction of sp³-hybridized carbons (Fsp3) is 0.250. The van der Waals surface area contributed by atoms with Crippen molar-refractivity contribution in [2.45, 2.75) is 25.6 Å². The molecule has 0 spiro atoms. The van der Waals surface area contributed by atoms with Crippen molar-refractivity contribution in [1.82, 2.24) is 20.0 Å². The Hall–Kier alpha value is -5.13. The normalized spacial score (nSPS) is 13.7. The van der Waals surface area contributed by atoms with E-state index in [0.29, 0.717) is 17.0 Å². The van der Waals surface area contributed by atoms with Gasteiger partial charge in [0.15, 0.2) is 5.69 Å². The van der Waals surface area contributed by atoms with Crippen molar-refractivity contribution in [3.8, 4) is 11.4 Å². The molecule has 44 heavy (non-hydrogen) atoms. The van der Waals surface area contributed by atoms with Crippen LogP contribution in [0.2, 0.25) is 0 Å². The van der Waals surface area contributed by atoms with Crippen molar-refractivity contribution in [2.75, 3.05) is 32.6 Å². The van der Waals surface area contributed by atoms with Gasteiger partial charge < -0.3 is 19.9 Å². The van der Waals surface area contributed by atoms with E-state index < -0.39 is 29.7 Å². The average molecular weight is 606 g/mol. The lowest BCUT2D eigenvalue weighted by atomic mass is 10.0. The first-order valence-electron chi connectivity index (χ1n) is 13.8. The Labute approximate surface area is 251 Å². The number of halogens is 3. The van der Waals surface area contributed by atoms with Crippen LogP contribution in [0.4, 0.5) is 18.9 Å². The topological polar surface area (TPSA) is 96.8 Å². The van der Waals surface area contributed by atoms with E-state index in [4.69, 9.17) is 4.74 Å². The molecule has 1 aliphatic rings. The van der Waals surface area contributed by atoms with Crippen LogP contribution in [0.1, 0.15) is 61.0 Å². The zero-order chi connectivity index (χ0) is 31.8. The van der Waals surface area contributed by atoms with Crippen molar-refractivity contribution >= 4 is 23.4 Å². The van der Waals surface area contributed by atoms with E-state index in [1.165, 1.54) is 35.1 Å². The highest BCUT2D eigenvalue weighted by atomic mass is 19.4. The van der Waals surface area contributed by atoms with Crippen molar-refractivity contribution in [1.29, 1.82) is 0 Å². The van der Waals surface area contributed by atoms with Crippen LogP contribution in [-0.2, 0) is 12.6 Å². The molecular weight excluding hydrogens is 575 g/mol. The van der Waals surface area contributed by atoms with Gasteiger partial charge >= 0.3 is 6.18 Å². The van der Waals surface area contributed by atoms with Gasteiger partial charge in [0.25, 0.3) is 17.7 Å². The number of anilines is 1. The van der Waals surface area contributed by atoms with E-state index in [2.05, 4.69) is 10.4 Å². The zero-order valence-electron chi connectivity index (χ0n) is 24.5. The lowest BCUT2D eigenvalue weighted by Crippen LogP contribution is -2.39. The quantitative estimate of drug-likeness (QED) is 0.309. The molecule has 1 N–H and O–H groups in total. The second-order valence-corrected chi connectivity index (χ2v) is 10.5. The molecule has 9 nitrogen and oxygen atoms in total. The van der Waals surface area contributed by atoms with Gasteiger partial charge in [0, 0.05) is 37.5 Å². The molecule has 0 bridgehead atoms. The summed E-state index contributed by atoms with van der Waals surface area (Å²) in [5.41, 5.74) is -0.156. The smallest absolute Gasteiger partial charge is 0.435 e. The van der Waals surface area contributed by atoms with Crippen LogP contribution in [0.5, 0.6) is 5.75 Å². The second kappa shape index (κ2) is 11.9. The van der Waals surface area contributed by atoms with E-state index >= 15 is 0 Å². The molecule has 3 aromatic carbocycles. The van der Waals surface area contributed by atoms with Crippen molar-refractivity contribution in [2.24, 2.45) is 0 Å². The van der Waals surface area contributed by atoms with Crippen molar-refractivity contribution in [3.63, 3.8) is 0 Å². The summed E-state index contributed by atoms with van der Waals surface area (Å²) in [4.78, 5) is 42.6. The minimum absolute atomic E-state index is 0.0163. The van der Waals surface area contributed by atoms with E-state index in [9.17, 15) is 27.6 Å². The molecule has 0 fully saturated rings. The molecule has 0 radical (unpaired) electrons. The molecule has 3 amide bonds. The Morgan fingerprint density at radius 2 is 1.70 bits per heavy atom. The van der Waals surface area contributed by atoms with Gasteiger partial charge in [0.05, 0.1) is 24.4 Å². The van der Waals surface area contributed by atoms with Gasteiger partial charge in [-0.05, 0) is 61.4 Å². The van der Waals surface area contributed by atoms with Crippen LogP contribution in [-0.4, -0.2) is 60.2 Å². The van der Waals surface area contributed by atoms with Gasteiger partial charge in [-0.25, -0.2) is 4.68 Å². The Morgan fingerprint density at radius 1 is 1.02 bits per heavy atom. The standard InChI is InChI=1S/C32H30F3N5O4/c1-19(20-8-6-5-7-9-20)36-29(41)25-18-23(44-4)14-15-26(25)40-27-24(28(37-40)32(33,34)35)16-17-39(31(27)43)22-12-10-21(11-13-22)30(42)38(2)3/h5-15,18-19H,16-17H2,1-4H3,(H,36,41). The first-order valence-corrected chi connectivity index (χ1v) is 13.8. The first-order chi connectivity index (χ1) is 20.9. The van der Waals surface area contributed by atoms with Gasteiger partial charge in [0.2, 0.25) is 0 Å². The molecule has 0 saturated carbocycles. The van der Waals surface area contributed by atoms with Crippen LogP contribution < -0.4 is 15.0 Å². The molecule has 1 aliphatic heterocycles. The summed E-state index contributed by atoms with van der Waals surface area (Å²) in [6.45, 7) is 1.75. The van der Waals surface area contributed by atoms with Gasteiger partial charge in [-0.15, -0.1) is 0 Å². The Kier molecular flexibility index (Phi) is 8.18. The fourth-order valence-electron chi connectivity index (χ4n) is 5.16. The number of carbonyl (C=O) groups is 3. The van der Waals surface area contributed by atoms with Gasteiger partial charge in [-0.3, -0.25) is 14.4 Å². The van der Waals surface area contributed by atoms with Crippen LogP contribution >= 0.6 is 0 Å². The number of benzene rings is 3. The van der Waals surface area contributed by atoms with Crippen LogP contribution in [0.25, 0.3) is 5.69 Å². The second-order valence-electron chi connectivity index (χ2n) is 10.5. The van der Waals surface area contributed by atoms with Crippen LogP contribution in [0.3, 0.4) is 0 Å². The highest BCUT2D eigenvalue weighted by Gasteiger charge is 2.43. The highest BCUT2D eigenvalue weighted by molar-refractivity contribution is 6.08. The number of nitrogens with zero attached hydrogens (tertiary/aromatic N) is 4. The third-order valence-electron chi connectivity index (χ3n) is 7.44. The lowest BCUT2D eigenvalue weighted by molar-refractivity contribution is -0.141. The summed E-state index contributed by atoms with van der Waals surface area (Å²) >= 11 is 0. The number of fused-ring (bicyclic) bond motifs is 1. The number of aromatic nitrogens is 2. The molecule has 2 heterocycles. The zero-order valence-corrected chi connectivity index (χ0v) is 24.5. The molecule has 12 heteroatoms. The van der Waals surface area contributed by atoms with Crippen molar-refractivity contribution < 1.29 is 32.3 Å². The molecule has 0 saturated heterocycles. The lowest BCUT2D eigenvalue weighted by Gasteiger charge is -2.28. The summed E-state index contributed by atoms with van der Waals surface area (Å²) in [6, 6.07) is 19.3. The first kappa shape index (κ1) is 30.3. The Morgan fingerprint density at radius 3 is 2.32 bits per heavy atom. The molecule has 0 aliphatic carbocycles. The van der Waals surface area contributed by atoms with E-state index in [0.717, 1.165) is 10.2 Å². The number of rotatable bonds is 7. The summed E-state index contributed by atoms with van der Waals surface area (Å²) < 4.78 is 48.9. The number of hydrogen-bond acceptors (Lipinski definition) is 5. The number of ether oxygens (including phenoxy) is 1. The third-order valence-corrected chi connectivity index (χ3v) is 7.44. The van der Waals surface area contributed by atoms with Crippen LogP contribution in [0, 0.1) is 0 Å². The Balaban J connectivity index is 1.59. The molecular formula is C32H30F3N5O4. The predicted molar refractivity (Wildman–Crippen MR) is 157 cm³/mol. The van der Waals surface area contributed by atoms with E-state index in [1.807, 2.05) is 30.3 Å². The number of alkyl halides is 3. The van der Waals surface area contributed by atoms with E-state index in [-0.39, 0.29) is 41.4 Å². The molecule has 1 aromatic heterocycles. The molecule has 4 aromatic rings. The van der Waals surface area contributed by atoms with Gasteiger partial charge in [0.1, 0.15) is 11.4 Å². The summed E-state index contributed by atoms with van der Waals surface area (Å²) in [5.74, 6) is -1.25. The highest BCUT2D eigenvalue weighted by Crippen LogP contribution is 2.38. The maximum absolute atomic E-state index is 14.2. The number of carbonyl (C=O) groups excluding carboxylic acids is 3. The predicted octanol–water partition coefficient (Wildman–Crippen LogP) is 5.30. The minimum Gasteiger partial charge on any atom is -0.497 e. The van der Waals surface area contributed by atoms with Crippen LogP contribution in [0.15, 0.2) is 72.8 Å². The number of nitrogens with one attached hydrogen (secondary N) is 1. The Bertz CT molecular complexity index is 1720. The number of amides is 3. The minimum atomic E-state index is -4.84. The van der Waals surface area contributed by atoms with E-state index in [1.54, 1.807) is 45.3 Å². The van der Waals surface area contributed by atoms with Gasteiger partial charge in [-0.1, -0.05) is 30.3 Å². The summed E-state index contributed by atoms with van der Waals surface area (Å²) in [6.07, 6.45) is -4.97. The molecule has 1 unspecified atom stereocenters. The molecule has 228 valence electrons.